The van der Waals surface area contributed by atoms with Gasteiger partial charge < -0.3 is 0 Å². The Labute approximate surface area is 144 Å². The van der Waals surface area contributed by atoms with E-state index in [1.54, 1.807) is 23.0 Å². The van der Waals surface area contributed by atoms with Crippen molar-refractivity contribution in [1.29, 1.82) is 0 Å². The second-order valence-electron chi connectivity index (χ2n) is 6.59. The van der Waals surface area contributed by atoms with E-state index in [2.05, 4.69) is 17.2 Å². The summed E-state index contributed by atoms with van der Waals surface area (Å²) in [6.07, 6.45) is 2.98. The van der Waals surface area contributed by atoms with Crippen molar-refractivity contribution in [3.8, 4) is 0 Å². The fourth-order valence-electron chi connectivity index (χ4n) is 3.58. The maximum absolute atomic E-state index is 13.2. The molecule has 130 valence electrons. The van der Waals surface area contributed by atoms with Crippen molar-refractivity contribution in [3.63, 3.8) is 0 Å². The third kappa shape index (κ3) is 3.13. The highest BCUT2D eigenvalue weighted by Gasteiger charge is 2.33. The summed E-state index contributed by atoms with van der Waals surface area (Å²) in [6, 6.07) is 10.2. The highest BCUT2D eigenvalue weighted by molar-refractivity contribution is 7.89. The van der Waals surface area contributed by atoms with Crippen LogP contribution in [0.15, 0.2) is 35.2 Å². The van der Waals surface area contributed by atoms with Gasteiger partial charge in [0.1, 0.15) is 4.90 Å². The SMILES string of the molecule is Cc1nn(C)c(C)c1S(=O)(=O)N1CCCCC(c2ccccc2)C1. The fourth-order valence-corrected chi connectivity index (χ4v) is 5.50. The third-order valence-corrected chi connectivity index (χ3v) is 7.06. The molecule has 2 heterocycles. The average Bonchev–Trinajstić information content (AvgIpc) is 2.74. The zero-order valence-electron chi connectivity index (χ0n) is 14.6. The largest absolute Gasteiger partial charge is 0.271 e. The van der Waals surface area contributed by atoms with Gasteiger partial charge in [0.2, 0.25) is 10.0 Å². The van der Waals surface area contributed by atoms with Crippen LogP contribution in [0.1, 0.15) is 42.1 Å². The predicted molar refractivity (Wildman–Crippen MR) is 94.5 cm³/mol. The van der Waals surface area contributed by atoms with E-state index in [1.807, 2.05) is 25.1 Å². The molecule has 1 saturated heterocycles. The molecule has 1 fully saturated rings. The van der Waals surface area contributed by atoms with E-state index < -0.39 is 10.0 Å². The number of aromatic nitrogens is 2. The van der Waals surface area contributed by atoms with Gasteiger partial charge in [0.05, 0.1) is 11.4 Å². The molecule has 0 bridgehead atoms. The van der Waals surface area contributed by atoms with Gasteiger partial charge in [0.15, 0.2) is 0 Å². The van der Waals surface area contributed by atoms with Crippen molar-refractivity contribution in [2.45, 2.75) is 43.9 Å². The minimum Gasteiger partial charge on any atom is -0.271 e. The molecule has 0 amide bonds. The van der Waals surface area contributed by atoms with E-state index in [9.17, 15) is 8.42 Å². The first-order valence-electron chi connectivity index (χ1n) is 8.46. The standard InChI is InChI=1S/C18H25N3O2S/c1-14-18(15(2)20(3)19-14)24(22,23)21-12-8-7-11-17(13-21)16-9-5-4-6-10-16/h4-6,9-10,17H,7-8,11-13H2,1-3H3. The highest BCUT2D eigenvalue weighted by Crippen LogP contribution is 2.31. The van der Waals surface area contributed by atoms with Crippen LogP contribution in [0.25, 0.3) is 0 Å². The molecule has 5 nitrogen and oxygen atoms in total. The second-order valence-corrected chi connectivity index (χ2v) is 8.46. The zero-order valence-corrected chi connectivity index (χ0v) is 15.4. The number of sulfonamides is 1. The molecule has 0 N–H and O–H groups in total. The Kier molecular flexibility index (Phi) is 4.78. The Morgan fingerprint density at radius 3 is 2.46 bits per heavy atom. The minimum absolute atomic E-state index is 0.251. The molecule has 1 aromatic heterocycles. The maximum atomic E-state index is 13.2. The lowest BCUT2D eigenvalue weighted by Gasteiger charge is -2.24. The lowest BCUT2D eigenvalue weighted by Crippen LogP contribution is -2.34. The van der Waals surface area contributed by atoms with Crippen molar-refractivity contribution in [2.75, 3.05) is 13.1 Å². The average molecular weight is 347 g/mol. The van der Waals surface area contributed by atoms with Gasteiger partial charge in [-0.15, -0.1) is 0 Å². The molecule has 24 heavy (non-hydrogen) atoms. The van der Waals surface area contributed by atoms with Crippen LogP contribution in [0.5, 0.6) is 0 Å². The van der Waals surface area contributed by atoms with Crippen molar-refractivity contribution in [3.05, 3.63) is 47.3 Å². The monoisotopic (exact) mass is 347 g/mol. The summed E-state index contributed by atoms with van der Waals surface area (Å²) in [5, 5.41) is 4.28. The van der Waals surface area contributed by atoms with Crippen molar-refractivity contribution >= 4 is 10.0 Å². The Morgan fingerprint density at radius 1 is 1.12 bits per heavy atom. The van der Waals surface area contributed by atoms with Gasteiger partial charge in [-0.25, -0.2) is 8.42 Å². The van der Waals surface area contributed by atoms with Gasteiger partial charge in [0, 0.05) is 20.1 Å². The summed E-state index contributed by atoms with van der Waals surface area (Å²) in [7, 11) is -1.73. The van der Waals surface area contributed by atoms with Crippen LogP contribution in [0.4, 0.5) is 0 Å². The van der Waals surface area contributed by atoms with Gasteiger partial charge in [-0.1, -0.05) is 36.8 Å². The Balaban J connectivity index is 1.95. The molecule has 0 saturated carbocycles. The smallest absolute Gasteiger partial charge is 0.246 e. The van der Waals surface area contributed by atoms with Crippen LogP contribution in [0.3, 0.4) is 0 Å². The molecule has 1 aromatic carbocycles. The minimum atomic E-state index is -3.52. The molecule has 1 atom stereocenters. The van der Waals surface area contributed by atoms with E-state index in [1.165, 1.54) is 5.56 Å². The molecule has 6 heteroatoms. The van der Waals surface area contributed by atoms with Crippen molar-refractivity contribution in [2.24, 2.45) is 7.05 Å². The third-order valence-electron chi connectivity index (χ3n) is 4.95. The lowest BCUT2D eigenvalue weighted by atomic mass is 9.95. The molecule has 0 aliphatic carbocycles. The Bertz CT molecular complexity index is 812. The molecule has 2 aromatic rings. The molecule has 1 unspecified atom stereocenters. The van der Waals surface area contributed by atoms with Crippen LogP contribution in [0.2, 0.25) is 0 Å². The quantitative estimate of drug-likeness (QED) is 0.858. The van der Waals surface area contributed by atoms with Gasteiger partial charge >= 0.3 is 0 Å². The summed E-state index contributed by atoms with van der Waals surface area (Å²) < 4.78 is 29.8. The second kappa shape index (κ2) is 6.69. The topological polar surface area (TPSA) is 55.2 Å². The van der Waals surface area contributed by atoms with E-state index in [-0.39, 0.29) is 5.92 Å². The van der Waals surface area contributed by atoms with E-state index in [0.717, 1.165) is 19.3 Å². The van der Waals surface area contributed by atoms with Gasteiger partial charge in [-0.2, -0.15) is 9.40 Å². The van der Waals surface area contributed by atoms with Gasteiger partial charge in [-0.3, -0.25) is 4.68 Å². The van der Waals surface area contributed by atoms with Crippen LogP contribution >= 0.6 is 0 Å². The first kappa shape index (κ1) is 17.2. The summed E-state index contributed by atoms with van der Waals surface area (Å²) in [5.41, 5.74) is 2.50. The lowest BCUT2D eigenvalue weighted by molar-refractivity contribution is 0.405. The van der Waals surface area contributed by atoms with Crippen molar-refractivity contribution in [1.82, 2.24) is 14.1 Å². The molecule has 0 spiro atoms. The zero-order chi connectivity index (χ0) is 17.3. The normalized spacial score (nSPS) is 20.0. The van der Waals surface area contributed by atoms with Gasteiger partial charge in [0.25, 0.3) is 0 Å². The maximum Gasteiger partial charge on any atom is 0.246 e. The predicted octanol–water partition coefficient (Wildman–Crippen LogP) is 3.00. The summed E-state index contributed by atoms with van der Waals surface area (Å²) in [4.78, 5) is 0.374. The number of aryl methyl sites for hydroxylation is 2. The van der Waals surface area contributed by atoms with Crippen LogP contribution in [-0.4, -0.2) is 35.6 Å². The summed E-state index contributed by atoms with van der Waals surface area (Å²) in [6.45, 7) is 4.71. The molecule has 0 radical (unpaired) electrons. The summed E-state index contributed by atoms with van der Waals surface area (Å²) >= 11 is 0. The van der Waals surface area contributed by atoms with Crippen molar-refractivity contribution < 1.29 is 8.42 Å². The number of benzene rings is 1. The highest BCUT2D eigenvalue weighted by atomic mass is 32.2. The molecular formula is C18H25N3O2S. The molecule has 3 rings (SSSR count). The number of nitrogens with zero attached hydrogens (tertiary/aromatic N) is 3. The number of hydrogen-bond donors (Lipinski definition) is 0. The number of rotatable bonds is 3. The molecule has 1 aliphatic heterocycles. The van der Waals surface area contributed by atoms with E-state index in [0.29, 0.717) is 29.4 Å². The van der Waals surface area contributed by atoms with E-state index >= 15 is 0 Å². The van der Waals surface area contributed by atoms with Crippen LogP contribution < -0.4 is 0 Å². The first-order valence-corrected chi connectivity index (χ1v) is 9.90. The van der Waals surface area contributed by atoms with Crippen LogP contribution in [0, 0.1) is 13.8 Å². The molecule has 1 aliphatic rings. The Hall–Kier alpha value is -1.66. The Morgan fingerprint density at radius 2 is 1.83 bits per heavy atom. The summed E-state index contributed by atoms with van der Waals surface area (Å²) in [5.74, 6) is 0.251. The first-order chi connectivity index (χ1) is 11.4. The van der Waals surface area contributed by atoms with Gasteiger partial charge in [-0.05, 0) is 38.2 Å². The van der Waals surface area contributed by atoms with E-state index in [4.69, 9.17) is 0 Å². The molecular weight excluding hydrogens is 322 g/mol. The van der Waals surface area contributed by atoms with Crippen LogP contribution in [-0.2, 0) is 17.1 Å². The number of hydrogen-bond acceptors (Lipinski definition) is 3. The fraction of sp³-hybridized carbons (Fsp3) is 0.500.